The molecule has 1 amide bonds. The summed E-state index contributed by atoms with van der Waals surface area (Å²) >= 11 is 7.69. The van der Waals surface area contributed by atoms with Crippen molar-refractivity contribution in [1.82, 2.24) is 0 Å². The quantitative estimate of drug-likeness (QED) is 0.619. The molecule has 1 aromatic carbocycles. The molecule has 0 heterocycles. The summed E-state index contributed by atoms with van der Waals surface area (Å²) in [6.07, 6.45) is 0.775. The highest BCUT2D eigenvalue weighted by Gasteiger charge is 2.14. The molecule has 96 valence electrons. The van der Waals surface area contributed by atoms with Gasteiger partial charge in [0.25, 0.3) is 0 Å². The summed E-state index contributed by atoms with van der Waals surface area (Å²) in [4.78, 5) is 22.1. The summed E-state index contributed by atoms with van der Waals surface area (Å²) in [5, 5.41) is 11.4. The SMILES string of the molecule is C=CCOC(=O)Nc1cc(Cl)c(C(=O)O)cc1I. The summed E-state index contributed by atoms with van der Waals surface area (Å²) in [6.45, 7) is 3.50. The Hall–Kier alpha value is -1.28. The lowest BCUT2D eigenvalue weighted by Crippen LogP contribution is -2.15. The van der Waals surface area contributed by atoms with Crippen LogP contribution in [-0.4, -0.2) is 23.8 Å². The average Bonchev–Trinajstić information content (AvgIpc) is 2.30. The number of carbonyl (C=O) groups is 2. The predicted molar refractivity (Wildman–Crippen MR) is 76.3 cm³/mol. The van der Waals surface area contributed by atoms with E-state index in [4.69, 9.17) is 21.4 Å². The number of ether oxygens (including phenoxy) is 1. The zero-order valence-electron chi connectivity index (χ0n) is 9.07. The van der Waals surface area contributed by atoms with Crippen molar-refractivity contribution >= 4 is 51.9 Å². The van der Waals surface area contributed by atoms with E-state index in [9.17, 15) is 9.59 Å². The number of benzene rings is 1. The van der Waals surface area contributed by atoms with E-state index in [2.05, 4.69) is 11.9 Å². The van der Waals surface area contributed by atoms with E-state index in [-0.39, 0.29) is 17.2 Å². The molecule has 0 aliphatic heterocycles. The molecular formula is C11H9ClINO4. The zero-order chi connectivity index (χ0) is 13.7. The maximum absolute atomic E-state index is 11.3. The molecule has 0 aromatic heterocycles. The number of carboxylic acids is 1. The number of carboxylic acid groups (broad SMARTS) is 1. The van der Waals surface area contributed by atoms with Crippen molar-refractivity contribution < 1.29 is 19.4 Å². The maximum Gasteiger partial charge on any atom is 0.411 e. The van der Waals surface area contributed by atoms with Crippen molar-refractivity contribution in [1.29, 1.82) is 0 Å². The molecule has 0 saturated heterocycles. The largest absolute Gasteiger partial charge is 0.478 e. The highest BCUT2D eigenvalue weighted by atomic mass is 127. The van der Waals surface area contributed by atoms with Gasteiger partial charge in [-0.3, -0.25) is 5.32 Å². The number of carbonyl (C=O) groups excluding carboxylic acids is 1. The number of hydrogen-bond donors (Lipinski definition) is 2. The molecule has 0 spiro atoms. The van der Waals surface area contributed by atoms with Crippen molar-refractivity contribution in [3.8, 4) is 0 Å². The van der Waals surface area contributed by atoms with Crippen LogP contribution in [0.25, 0.3) is 0 Å². The summed E-state index contributed by atoms with van der Waals surface area (Å²) < 4.78 is 5.28. The Morgan fingerprint density at radius 1 is 1.56 bits per heavy atom. The summed E-state index contributed by atoms with van der Waals surface area (Å²) in [6, 6.07) is 2.73. The molecule has 18 heavy (non-hydrogen) atoms. The van der Waals surface area contributed by atoms with Crippen LogP contribution in [0, 0.1) is 3.57 Å². The van der Waals surface area contributed by atoms with E-state index < -0.39 is 12.1 Å². The molecule has 0 atom stereocenters. The van der Waals surface area contributed by atoms with Gasteiger partial charge in [0.1, 0.15) is 6.61 Å². The fourth-order valence-electron chi connectivity index (χ4n) is 1.09. The van der Waals surface area contributed by atoms with Crippen molar-refractivity contribution in [2.75, 3.05) is 11.9 Å². The molecule has 1 aromatic rings. The minimum absolute atomic E-state index is 0.0222. The lowest BCUT2D eigenvalue weighted by atomic mass is 10.2. The molecule has 5 nitrogen and oxygen atoms in total. The molecule has 2 N–H and O–H groups in total. The molecule has 0 aliphatic rings. The first-order chi connectivity index (χ1) is 8.45. The Kier molecular flexibility index (Phi) is 5.42. The third-order valence-electron chi connectivity index (χ3n) is 1.86. The fraction of sp³-hybridized carbons (Fsp3) is 0.0909. The van der Waals surface area contributed by atoms with Crippen LogP contribution in [0.2, 0.25) is 5.02 Å². The van der Waals surface area contributed by atoms with E-state index in [1.807, 2.05) is 22.6 Å². The van der Waals surface area contributed by atoms with E-state index in [1.54, 1.807) is 0 Å². The van der Waals surface area contributed by atoms with Gasteiger partial charge in [-0.05, 0) is 34.7 Å². The number of hydrogen-bond acceptors (Lipinski definition) is 3. The number of anilines is 1. The third-order valence-corrected chi connectivity index (χ3v) is 3.06. The topological polar surface area (TPSA) is 75.6 Å². The molecule has 0 unspecified atom stereocenters. The van der Waals surface area contributed by atoms with Crippen LogP contribution in [0.5, 0.6) is 0 Å². The van der Waals surface area contributed by atoms with Gasteiger partial charge in [0, 0.05) is 3.57 Å². The maximum atomic E-state index is 11.3. The second-order valence-electron chi connectivity index (χ2n) is 3.13. The van der Waals surface area contributed by atoms with E-state index in [1.165, 1.54) is 18.2 Å². The molecule has 0 bridgehead atoms. The lowest BCUT2D eigenvalue weighted by molar-refractivity contribution is 0.0697. The van der Waals surface area contributed by atoms with Crippen LogP contribution >= 0.6 is 34.2 Å². The number of aromatic carboxylic acids is 1. The van der Waals surface area contributed by atoms with Gasteiger partial charge < -0.3 is 9.84 Å². The van der Waals surface area contributed by atoms with Crippen molar-refractivity contribution in [2.24, 2.45) is 0 Å². The van der Waals surface area contributed by atoms with Gasteiger partial charge >= 0.3 is 12.1 Å². The Labute approximate surface area is 122 Å². The van der Waals surface area contributed by atoms with E-state index in [0.29, 0.717) is 9.26 Å². The van der Waals surface area contributed by atoms with Gasteiger partial charge in [-0.25, -0.2) is 9.59 Å². The third kappa shape index (κ3) is 3.88. The summed E-state index contributed by atoms with van der Waals surface area (Å²) in [7, 11) is 0. The molecule has 0 radical (unpaired) electrons. The van der Waals surface area contributed by atoms with Crippen LogP contribution in [0.15, 0.2) is 24.8 Å². The number of halogens is 2. The normalized spacial score (nSPS) is 9.67. The van der Waals surface area contributed by atoms with Crippen LogP contribution in [-0.2, 0) is 4.74 Å². The minimum Gasteiger partial charge on any atom is -0.478 e. The summed E-state index contributed by atoms with van der Waals surface area (Å²) in [5.41, 5.74) is 0.366. The first kappa shape index (κ1) is 14.8. The number of rotatable bonds is 4. The highest BCUT2D eigenvalue weighted by Crippen LogP contribution is 2.27. The van der Waals surface area contributed by atoms with Crippen molar-refractivity contribution in [2.45, 2.75) is 0 Å². The van der Waals surface area contributed by atoms with Gasteiger partial charge in [-0.1, -0.05) is 24.3 Å². The van der Waals surface area contributed by atoms with Gasteiger partial charge in [-0.2, -0.15) is 0 Å². The lowest BCUT2D eigenvalue weighted by Gasteiger charge is -2.09. The number of nitrogens with one attached hydrogen (secondary N) is 1. The van der Waals surface area contributed by atoms with Gasteiger partial charge in [0.15, 0.2) is 0 Å². The Morgan fingerprint density at radius 2 is 2.22 bits per heavy atom. The van der Waals surface area contributed by atoms with Crippen LogP contribution < -0.4 is 5.32 Å². The van der Waals surface area contributed by atoms with Gasteiger partial charge in [-0.15, -0.1) is 0 Å². The molecule has 7 heteroatoms. The predicted octanol–water partition coefficient (Wildman–Crippen LogP) is 3.38. The van der Waals surface area contributed by atoms with E-state index >= 15 is 0 Å². The second kappa shape index (κ2) is 6.60. The Morgan fingerprint density at radius 3 is 2.78 bits per heavy atom. The Balaban J connectivity index is 2.91. The average molecular weight is 382 g/mol. The first-order valence-electron chi connectivity index (χ1n) is 4.72. The first-order valence-corrected chi connectivity index (χ1v) is 6.18. The molecule has 0 fully saturated rings. The standard InChI is InChI=1S/C11H9ClINO4/c1-2-3-18-11(17)14-9-5-7(12)6(10(15)16)4-8(9)13/h2,4-5H,1,3H2,(H,14,17)(H,15,16). The monoisotopic (exact) mass is 381 g/mol. The second-order valence-corrected chi connectivity index (χ2v) is 4.70. The smallest absolute Gasteiger partial charge is 0.411 e. The fourth-order valence-corrected chi connectivity index (χ4v) is 1.93. The van der Waals surface area contributed by atoms with Crippen LogP contribution in [0.4, 0.5) is 10.5 Å². The Bertz CT molecular complexity index is 504. The van der Waals surface area contributed by atoms with Gasteiger partial charge in [0.2, 0.25) is 0 Å². The molecule has 1 rings (SSSR count). The van der Waals surface area contributed by atoms with Crippen LogP contribution in [0.3, 0.4) is 0 Å². The molecular weight excluding hydrogens is 372 g/mol. The highest BCUT2D eigenvalue weighted by molar-refractivity contribution is 14.1. The van der Waals surface area contributed by atoms with Crippen molar-refractivity contribution in [3.63, 3.8) is 0 Å². The summed E-state index contributed by atoms with van der Waals surface area (Å²) in [5.74, 6) is -1.13. The van der Waals surface area contributed by atoms with Gasteiger partial charge in [0.05, 0.1) is 16.3 Å². The number of amides is 1. The van der Waals surface area contributed by atoms with E-state index in [0.717, 1.165) is 0 Å². The molecule has 0 aliphatic carbocycles. The molecule has 0 saturated carbocycles. The van der Waals surface area contributed by atoms with Crippen molar-refractivity contribution in [3.05, 3.63) is 38.9 Å². The zero-order valence-corrected chi connectivity index (χ0v) is 12.0. The van der Waals surface area contributed by atoms with Crippen LogP contribution in [0.1, 0.15) is 10.4 Å². The minimum atomic E-state index is -1.13.